The molecule has 0 saturated heterocycles. The molecule has 13 heavy (non-hydrogen) atoms. The van der Waals surface area contributed by atoms with Crippen LogP contribution in [0.4, 0.5) is 0 Å². The van der Waals surface area contributed by atoms with E-state index in [1.165, 1.54) is 12.3 Å². The second kappa shape index (κ2) is 3.18. The summed E-state index contributed by atoms with van der Waals surface area (Å²) in [7, 11) is 0. The maximum Gasteiger partial charge on any atom is 0.273 e. The highest BCUT2D eigenvalue weighted by Gasteiger charge is 2.27. The van der Waals surface area contributed by atoms with E-state index in [9.17, 15) is 4.79 Å². The molecule has 0 aromatic carbocycles. The van der Waals surface area contributed by atoms with Gasteiger partial charge in [-0.25, -0.2) is 0 Å². The lowest BCUT2D eigenvalue weighted by Gasteiger charge is -2.32. The molecule has 0 bridgehead atoms. The van der Waals surface area contributed by atoms with E-state index in [0.29, 0.717) is 5.69 Å². The van der Waals surface area contributed by atoms with Gasteiger partial charge in [0.2, 0.25) is 0 Å². The van der Waals surface area contributed by atoms with E-state index in [4.69, 9.17) is 5.73 Å². The summed E-state index contributed by atoms with van der Waals surface area (Å²) in [5.74, 6) is -0.189. The van der Waals surface area contributed by atoms with Crippen molar-refractivity contribution in [2.45, 2.75) is 24.9 Å². The molecule has 0 unspecified atom stereocenters. The van der Waals surface area contributed by atoms with Crippen LogP contribution in [0.5, 0.6) is 0 Å². The lowest BCUT2D eigenvalue weighted by molar-refractivity contribution is 0.0901. The molecule has 3 N–H and O–H groups in total. The maximum absolute atomic E-state index is 11.3. The molecule has 1 aromatic rings. The summed E-state index contributed by atoms with van der Waals surface area (Å²) in [6.45, 7) is 0. The third kappa shape index (κ3) is 1.70. The lowest BCUT2D eigenvalue weighted by atomic mass is 9.87. The van der Waals surface area contributed by atoms with Gasteiger partial charge in [0.15, 0.2) is 5.69 Å². The largest absolute Gasteiger partial charge is 0.364 e. The fourth-order valence-corrected chi connectivity index (χ4v) is 1.37. The van der Waals surface area contributed by atoms with Crippen molar-refractivity contribution in [3.8, 4) is 0 Å². The average molecular weight is 181 g/mol. The van der Waals surface area contributed by atoms with Crippen LogP contribution in [-0.2, 0) is 0 Å². The number of aromatic nitrogens is 1. The minimum absolute atomic E-state index is 0.189. The molecule has 1 aliphatic carbocycles. The second-order valence-corrected chi connectivity index (χ2v) is 3.29. The van der Waals surface area contributed by atoms with Crippen LogP contribution in [0.2, 0.25) is 0 Å². The van der Waals surface area contributed by atoms with Crippen LogP contribution in [-0.4, -0.2) is 23.1 Å². The zero-order valence-electron chi connectivity index (χ0n) is 7.06. The molecule has 1 aromatic heterocycles. The van der Waals surface area contributed by atoms with E-state index in [1.54, 1.807) is 0 Å². The van der Waals surface area contributed by atoms with Crippen LogP contribution in [0.1, 0.15) is 23.3 Å². The number of carbonyl (C=O) groups is 1. The van der Waals surface area contributed by atoms with Gasteiger partial charge in [0.25, 0.3) is 5.91 Å². The SMILES string of the molecule is NC1CC(NC(=O)c2ccon2)C1. The van der Waals surface area contributed by atoms with Gasteiger partial charge in [0.1, 0.15) is 6.26 Å². The molecule has 5 heteroatoms. The van der Waals surface area contributed by atoms with Gasteiger partial charge in [-0.2, -0.15) is 0 Å². The van der Waals surface area contributed by atoms with Crippen LogP contribution >= 0.6 is 0 Å². The first kappa shape index (κ1) is 8.25. The van der Waals surface area contributed by atoms with Crippen molar-refractivity contribution in [1.82, 2.24) is 10.5 Å². The zero-order chi connectivity index (χ0) is 9.26. The zero-order valence-corrected chi connectivity index (χ0v) is 7.06. The van der Waals surface area contributed by atoms with E-state index in [-0.39, 0.29) is 18.0 Å². The van der Waals surface area contributed by atoms with Gasteiger partial charge >= 0.3 is 0 Å². The number of amides is 1. The Morgan fingerprint density at radius 1 is 1.69 bits per heavy atom. The second-order valence-electron chi connectivity index (χ2n) is 3.29. The summed E-state index contributed by atoms with van der Waals surface area (Å²) in [6.07, 6.45) is 3.08. The number of carbonyl (C=O) groups excluding carboxylic acids is 1. The normalized spacial score (nSPS) is 26.5. The van der Waals surface area contributed by atoms with Crippen molar-refractivity contribution >= 4 is 5.91 Å². The summed E-state index contributed by atoms with van der Waals surface area (Å²) in [6, 6.07) is 1.98. The van der Waals surface area contributed by atoms with Crippen LogP contribution in [0, 0.1) is 0 Å². The predicted octanol–water partition coefficient (Wildman–Crippen LogP) is -0.106. The van der Waals surface area contributed by atoms with Crippen molar-refractivity contribution in [3.63, 3.8) is 0 Å². The molecule has 1 saturated carbocycles. The summed E-state index contributed by atoms with van der Waals surface area (Å²) in [5.41, 5.74) is 5.90. The summed E-state index contributed by atoms with van der Waals surface area (Å²) < 4.78 is 4.55. The van der Waals surface area contributed by atoms with E-state index < -0.39 is 0 Å². The molecule has 5 nitrogen and oxygen atoms in total. The molecule has 0 atom stereocenters. The molecule has 2 rings (SSSR count). The summed E-state index contributed by atoms with van der Waals surface area (Å²) in [4.78, 5) is 11.3. The van der Waals surface area contributed by atoms with Gasteiger partial charge < -0.3 is 15.6 Å². The monoisotopic (exact) mass is 181 g/mol. The van der Waals surface area contributed by atoms with E-state index >= 15 is 0 Å². The fraction of sp³-hybridized carbons (Fsp3) is 0.500. The molecule has 0 spiro atoms. The van der Waals surface area contributed by atoms with Gasteiger partial charge in [0, 0.05) is 18.2 Å². The molecule has 1 aliphatic rings. The van der Waals surface area contributed by atoms with Crippen molar-refractivity contribution in [2.75, 3.05) is 0 Å². The van der Waals surface area contributed by atoms with Crippen LogP contribution in [0.15, 0.2) is 16.9 Å². The van der Waals surface area contributed by atoms with Crippen LogP contribution < -0.4 is 11.1 Å². The number of nitrogens with zero attached hydrogens (tertiary/aromatic N) is 1. The van der Waals surface area contributed by atoms with E-state index in [1.807, 2.05) is 0 Å². The third-order valence-corrected chi connectivity index (χ3v) is 2.18. The first-order chi connectivity index (χ1) is 6.25. The van der Waals surface area contributed by atoms with Crippen molar-refractivity contribution in [1.29, 1.82) is 0 Å². The Morgan fingerprint density at radius 2 is 2.46 bits per heavy atom. The van der Waals surface area contributed by atoms with Gasteiger partial charge in [-0.1, -0.05) is 5.16 Å². The minimum Gasteiger partial charge on any atom is -0.364 e. The maximum atomic E-state index is 11.3. The molecule has 1 fully saturated rings. The molecular weight excluding hydrogens is 170 g/mol. The first-order valence-electron chi connectivity index (χ1n) is 4.22. The Hall–Kier alpha value is -1.36. The number of rotatable bonds is 2. The number of nitrogens with one attached hydrogen (secondary N) is 1. The molecule has 0 aliphatic heterocycles. The van der Waals surface area contributed by atoms with Crippen molar-refractivity contribution < 1.29 is 9.32 Å². The van der Waals surface area contributed by atoms with Gasteiger partial charge in [0.05, 0.1) is 0 Å². The van der Waals surface area contributed by atoms with Crippen molar-refractivity contribution in [3.05, 3.63) is 18.0 Å². The molecule has 1 heterocycles. The molecule has 70 valence electrons. The fourth-order valence-electron chi connectivity index (χ4n) is 1.37. The van der Waals surface area contributed by atoms with Gasteiger partial charge in [-0.3, -0.25) is 4.79 Å². The number of hydrogen-bond acceptors (Lipinski definition) is 4. The van der Waals surface area contributed by atoms with Gasteiger partial charge in [-0.05, 0) is 12.8 Å². The molecule has 1 amide bonds. The van der Waals surface area contributed by atoms with Gasteiger partial charge in [-0.15, -0.1) is 0 Å². The Labute approximate surface area is 75.3 Å². The van der Waals surface area contributed by atoms with Crippen LogP contribution in [0.3, 0.4) is 0 Å². The summed E-state index contributed by atoms with van der Waals surface area (Å²) >= 11 is 0. The van der Waals surface area contributed by atoms with E-state index in [0.717, 1.165) is 12.8 Å². The minimum atomic E-state index is -0.189. The third-order valence-electron chi connectivity index (χ3n) is 2.18. The van der Waals surface area contributed by atoms with E-state index in [2.05, 4.69) is 15.0 Å². The van der Waals surface area contributed by atoms with Crippen molar-refractivity contribution in [2.24, 2.45) is 5.73 Å². The Kier molecular flexibility index (Phi) is 2.02. The highest BCUT2D eigenvalue weighted by Crippen LogP contribution is 2.17. The Balaban J connectivity index is 1.86. The Bertz CT molecular complexity index is 290. The first-order valence-corrected chi connectivity index (χ1v) is 4.22. The quantitative estimate of drug-likeness (QED) is 0.667. The standard InChI is InChI=1S/C8H11N3O2/c9-5-3-6(4-5)10-8(12)7-1-2-13-11-7/h1-2,5-6H,3-4,9H2,(H,10,12). The molecular formula is C8H11N3O2. The van der Waals surface area contributed by atoms with Crippen LogP contribution in [0.25, 0.3) is 0 Å². The summed E-state index contributed by atoms with van der Waals surface area (Å²) in [5, 5.41) is 6.34. The number of hydrogen-bond donors (Lipinski definition) is 2. The topological polar surface area (TPSA) is 81.1 Å². The average Bonchev–Trinajstić information content (AvgIpc) is 2.53. The lowest BCUT2D eigenvalue weighted by Crippen LogP contribution is -2.50. The number of nitrogens with two attached hydrogens (primary N) is 1. The predicted molar refractivity (Wildman–Crippen MR) is 45.0 cm³/mol. The highest BCUT2D eigenvalue weighted by molar-refractivity contribution is 5.92. The smallest absolute Gasteiger partial charge is 0.273 e. The molecule has 0 radical (unpaired) electrons. The highest BCUT2D eigenvalue weighted by atomic mass is 16.5. The Morgan fingerprint density at radius 3 is 3.00 bits per heavy atom.